The monoisotopic (exact) mass is 524 g/mol. The van der Waals surface area contributed by atoms with Crippen LogP contribution in [0.5, 0.6) is 0 Å². The predicted molar refractivity (Wildman–Crippen MR) is 165 cm³/mol. The Morgan fingerprint density at radius 1 is 1.13 bits per heavy atom. The van der Waals surface area contributed by atoms with Crippen molar-refractivity contribution in [2.75, 3.05) is 5.32 Å². The summed E-state index contributed by atoms with van der Waals surface area (Å²) < 4.78 is 1.47. The summed E-state index contributed by atoms with van der Waals surface area (Å²) in [4.78, 5) is 31.7. The van der Waals surface area contributed by atoms with E-state index in [2.05, 4.69) is 73.4 Å². The summed E-state index contributed by atoms with van der Waals surface area (Å²) in [6.45, 7) is 10.5. The van der Waals surface area contributed by atoms with Gasteiger partial charge in [-0.3, -0.25) is 9.36 Å². The van der Waals surface area contributed by atoms with Crippen LogP contribution in [-0.4, -0.2) is 15.6 Å². The summed E-state index contributed by atoms with van der Waals surface area (Å²) in [5, 5.41) is 6.77. The normalized spacial score (nSPS) is 13.3. The maximum absolute atomic E-state index is 13.7. The number of rotatable bonds is 5. The second-order valence-corrected chi connectivity index (χ2v) is 10.3. The summed E-state index contributed by atoms with van der Waals surface area (Å²) >= 11 is 0. The minimum Gasteiger partial charge on any atom is -0.311 e. The van der Waals surface area contributed by atoms with Gasteiger partial charge in [0.15, 0.2) is 0 Å². The summed E-state index contributed by atoms with van der Waals surface area (Å²) in [5.74, 6) is 6.83. The number of allylic oxidation sites excluding steroid dienone is 5. The fourth-order valence-corrected chi connectivity index (χ4v) is 4.80. The lowest BCUT2D eigenvalue weighted by atomic mass is 9.95. The van der Waals surface area contributed by atoms with E-state index in [0.29, 0.717) is 23.5 Å². The number of amides is 2. The molecule has 0 saturated carbocycles. The average molecular weight is 525 g/mol. The van der Waals surface area contributed by atoms with Gasteiger partial charge in [0, 0.05) is 51.1 Å². The number of carbonyl (C=O) groups is 1. The molecule has 0 unspecified atom stereocenters. The van der Waals surface area contributed by atoms with E-state index in [9.17, 15) is 9.59 Å². The quantitative estimate of drug-likeness (QED) is 0.341. The van der Waals surface area contributed by atoms with E-state index in [4.69, 9.17) is 0 Å². The van der Waals surface area contributed by atoms with Gasteiger partial charge in [0.2, 0.25) is 0 Å². The van der Waals surface area contributed by atoms with E-state index in [-0.39, 0.29) is 20.0 Å². The number of urea groups is 1. The number of nitrogens with zero attached hydrogens (tertiary/aromatic N) is 2. The summed E-state index contributed by atoms with van der Waals surface area (Å²) in [6.07, 6.45) is 9.27. The lowest BCUT2D eigenvalue weighted by Crippen LogP contribution is -2.33. The van der Waals surface area contributed by atoms with Crippen molar-refractivity contribution in [1.29, 1.82) is 0 Å². The van der Waals surface area contributed by atoms with Gasteiger partial charge in [-0.1, -0.05) is 82.4 Å². The smallest absolute Gasteiger partial charge is 0.311 e. The van der Waals surface area contributed by atoms with E-state index in [0.717, 1.165) is 34.2 Å². The van der Waals surface area contributed by atoms with E-state index in [1.165, 1.54) is 10.1 Å². The maximum Gasteiger partial charge on any atom is 0.323 e. The first kappa shape index (κ1) is 27.7. The first-order valence-electron chi connectivity index (χ1n) is 13.5. The van der Waals surface area contributed by atoms with E-state index in [1.807, 2.05) is 43.3 Å². The molecule has 0 spiro atoms. The van der Waals surface area contributed by atoms with Crippen LogP contribution in [0, 0.1) is 23.7 Å². The number of benzene rings is 1. The Kier molecular flexibility index (Phi) is 8.51. The molecule has 1 aromatic carbocycles. The molecule has 0 atom stereocenters. The van der Waals surface area contributed by atoms with Crippen molar-refractivity contribution in [3.63, 3.8) is 0 Å². The van der Waals surface area contributed by atoms with Gasteiger partial charge in [-0.2, -0.15) is 0 Å². The molecule has 0 saturated heterocycles. The van der Waals surface area contributed by atoms with Crippen LogP contribution in [0.15, 0.2) is 82.5 Å². The van der Waals surface area contributed by atoms with Crippen LogP contribution in [0.1, 0.15) is 55.9 Å². The van der Waals surface area contributed by atoms with Crippen LogP contribution in [0.3, 0.4) is 0 Å². The lowest BCUT2D eigenvalue weighted by Gasteiger charge is -2.20. The molecule has 0 fully saturated rings. The molecule has 1 aliphatic rings. The highest BCUT2D eigenvalue weighted by Crippen LogP contribution is 2.33. The summed E-state index contributed by atoms with van der Waals surface area (Å²) in [5.41, 5.74) is 5.79. The third-order valence-electron chi connectivity index (χ3n) is 6.88. The molecule has 6 nitrogen and oxygen atoms in total. The highest BCUT2D eigenvalue weighted by atomic mass is 16.2. The molecule has 2 heterocycles. The molecular formula is C33H40N4O2. The fraction of sp³-hybridized carbons (Fsp3) is 0.303. The average Bonchev–Trinajstić information content (AvgIpc) is 3.13. The Bertz CT molecular complexity index is 1640. The van der Waals surface area contributed by atoms with Crippen LogP contribution >= 0.6 is 0 Å². The Morgan fingerprint density at radius 2 is 1.92 bits per heavy atom. The van der Waals surface area contributed by atoms with Crippen LogP contribution in [0.2, 0.25) is 0 Å². The molecule has 0 radical (unpaired) electrons. The van der Waals surface area contributed by atoms with E-state index >= 15 is 0 Å². The lowest BCUT2D eigenvalue weighted by molar-refractivity contribution is 0.254. The van der Waals surface area contributed by atoms with Gasteiger partial charge in [0.25, 0.3) is 5.56 Å². The second-order valence-electron chi connectivity index (χ2n) is 10.3. The number of anilines is 1. The maximum atomic E-state index is 13.7. The summed E-state index contributed by atoms with van der Waals surface area (Å²) in [6, 6.07) is 11.0. The Hall–Kier alpha value is -4.37. The molecule has 3 aromatic rings. The second kappa shape index (κ2) is 12.0. The molecular weight excluding hydrogens is 484 g/mol. The molecule has 6 heteroatoms. The standard InChI is InChI=1S/C33H36N4O2.2H2/c1-7-8-12-23-13-9-15-25(19-23)29-27-17-11-18-34-31(27)37(6)32(38)30(29)36-33(39)35-28-20-24(21(2)3)14-10-16-26(28)22(4)5;;/h9-11,13-19,21-22H,7,20H2,1-6H3,(H2,35,36,39);2*1H. The van der Waals surface area contributed by atoms with Gasteiger partial charge in [0.1, 0.15) is 11.3 Å². The zero-order chi connectivity index (χ0) is 28.1. The first-order chi connectivity index (χ1) is 18.7. The van der Waals surface area contributed by atoms with Crippen molar-refractivity contribution in [3.8, 4) is 23.0 Å². The molecule has 1 aliphatic carbocycles. The molecule has 0 aliphatic heterocycles. The SMILES string of the molecule is CCC#Cc1cccc(-c2c(NC(=O)NC3=C(C(C)C)C=CC=C(C(C)C)C3)c(=O)n(C)c3ncccc23)c1.[HH].[HH]. The first-order valence-corrected chi connectivity index (χ1v) is 13.5. The zero-order valence-corrected chi connectivity index (χ0v) is 23.6. The van der Waals surface area contributed by atoms with Crippen LogP contribution in [0.25, 0.3) is 22.2 Å². The van der Waals surface area contributed by atoms with E-state index < -0.39 is 6.03 Å². The molecule has 39 heavy (non-hydrogen) atoms. The molecule has 204 valence electrons. The van der Waals surface area contributed by atoms with Crippen molar-refractivity contribution >= 4 is 22.8 Å². The minimum absolute atomic E-state index is 0. The Morgan fingerprint density at radius 3 is 2.64 bits per heavy atom. The third kappa shape index (κ3) is 6.04. The molecule has 2 N–H and O–H groups in total. The number of aryl methyl sites for hydroxylation is 1. The number of nitrogens with one attached hydrogen (secondary N) is 2. The Balaban J connectivity index is 0.00000294. The largest absolute Gasteiger partial charge is 0.323 e. The van der Waals surface area contributed by atoms with Crippen LogP contribution < -0.4 is 16.2 Å². The van der Waals surface area contributed by atoms with Gasteiger partial charge in [-0.25, -0.2) is 9.78 Å². The predicted octanol–water partition coefficient (Wildman–Crippen LogP) is 7.43. The topological polar surface area (TPSA) is 76.0 Å². The van der Waals surface area contributed by atoms with Crippen molar-refractivity contribution in [3.05, 3.63) is 93.6 Å². The zero-order valence-electron chi connectivity index (χ0n) is 23.6. The summed E-state index contributed by atoms with van der Waals surface area (Å²) in [7, 11) is 1.67. The highest BCUT2D eigenvalue weighted by Gasteiger charge is 2.22. The minimum atomic E-state index is -0.454. The fourth-order valence-electron chi connectivity index (χ4n) is 4.80. The van der Waals surface area contributed by atoms with Gasteiger partial charge in [-0.15, -0.1) is 0 Å². The number of hydrogen-bond acceptors (Lipinski definition) is 3. The van der Waals surface area contributed by atoms with Crippen LogP contribution in [0.4, 0.5) is 10.5 Å². The van der Waals surface area contributed by atoms with Gasteiger partial charge < -0.3 is 10.6 Å². The van der Waals surface area contributed by atoms with Crippen molar-refractivity contribution in [1.82, 2.24) is 14.9 Å². The molecule has 2 aromatic heterocycles. The van der Waals surface area contributed by atoms with Crippen LogP contribution in [-0.2, 0) is 7.05 Å². The van der Waals surface area contributed by atoms with Crippen molar-refractivity contribution < 1.29 is 7.65 Å². The van der Waals surface area contributed by atoms with Crippen molar-refractivity contribution in [2.24, 2.45) is 18.9 Å². The molecule has 2 amide bonds. The molecule has 0 bridgehead atoms. The third-order valence-corrected chi connectivity index (χ3v) is 6.88. The highest BCUT2D eigenvalue weighted by molar-refractivity contribution is 6.04. The number of aromatic nitrogens is 2. The molecule has 4 rings (SSSR count). The van der Waals surface area contributed by atoms with Crippen molar-refractivity contribution in [2.45, 2.75) is 47.5 Å². The van der Waals surface area contributed by atoms with Gasteiger partial charge in [0.05, 0.1) is 0 Å². The number of pyridine rings is 2. The number of carbonyl (C=O) groups excluding carboxylic acids is 1. The van der Waals surface area contributed by atoms with E-state index in [1.54, 1.807) is 13.2 Å². The van der Waals surface area contributed by atoms with Gasteiger partial charge in [-0.05, 0) is 47.2 Å². The number of fused-ring (bicyclic) bond motifs is 1. The number of hydrogen-bond donors (Lipinski definition) is 2. The Labute approximate surface area is 233 Å². The van der Waals surface area contributed by atoms with Gasteiger partial charge >= 0.3 is 6.03 Å².